The van der Waals surface area contributed by atoms with E-state index in [2.05, 4.69) is 20.9 Å². The number of nitrogens with zero attached hydrogens (tertiary/aromatic N) is 1. The first-order valence-electron chi connectivity index (χ1n) is 10.7. The molecule has 0 saturated heterocycles. The zero-order valence-electron chi connectivity index (χ0n) is 18.6. The molecule has 0 aliphatic rings. The Bertz CT molecular complexity index is 916. The molecule has 2 unspecified atom stereocenters. The van der Waals surface area contributed by atoms with E-state index in [4.69, 9.17) is 0 Å². The standard InChI is InChI=1S/C24H30N4O4/c1-4-26-24(32)21(29)19(15-17-8-6-5-7-9-17)27-23(31)20(14-16(2)3)28-22(30)18-10-12-25-13-11-18/h5-13,16,19-20H,4,14-15H2,1-3H3,(H,26,32)(H,27,31)(H,28,30). The Hall–Kier alpha value is -3.55. The molecule has 2 rings (SSSR count). The van der Waals surface area contributed by atoms with Crippen LogP contribution in [-0.2, 0) is 20.8 Å². The SMILES string of the molecule is CCNC(=O)C(=O)C(Cc1ccccc1)NC(=O)C(CC(C)C)NC(=O)c1ccncc1. The van der Waals surface area contributed by atoms with Crippen LogP contribution in [0.5, 0.6) is 0 Å². The third-order valence-electron chi connectivity index (χ3n) is 4.75. The molecular weight excluding hydrogens is 408 g/mol. The number of likely N-dealkylation sites (N-methyl/N-ethyl adjacent to an activating group) is 1. The van der Waals surface area contributed by atoms with Crippen LogP contribution in [0.4, 0.5) is 0 Å². The van der Waals surface area contributed by atoms with E-state index in [0.29, 0.717) is 18.5 Å². The average molecular weight is 439 g/mol. The fraction of sp³-hybridized carbons (Fsp3) is 0.375. The lowest BCUT2D eigenvalue weighted by Gasteiger charge is -2.24. The van der Waals surface area contributed by atoms with Gasteiger partial charge in [0.25, 0.3) is 11.8 Å². The molecule has 1 heterocycles. The lowest BCUT2D eigenvalue weighted by atomic mass is 9.99. The summed E-state index contributed by atoms with van der Waals surface area (Å²) in [6.07, 6.45) is 3.52. The lowest BCUT2D eigenvalue weighted by molar-refractivity contribution is -0.140. The Labute approximate surface area is 188 Å². The molecule has 170 valence electrons. The quantitative estimate of drug-likeness (QED) is 0.461. The van der Waals surface area contributed by atoms with Gasteiger partial charge in [0.15, 0.2) is 0 Å². The minimum atomic E-state index is -1.05. The van der Waals surface area contributed by atoms with Crippen LogP contribution in [0.2, 0.25) is 0 Å². The van der Waals surface area contributed by atoms with Crippen molar-refractivity contribution in [1.82, 2.24) is 20.9 Å². The van der Waals surface area contributed by atoms with E-state index in [1.54, 1.807) is 19.1 Å². The molecule has 32 heavy (non-hydrogen) atoms. The third kappa shape index (κ3) is 7.61. The molecule has 8 nitrogen and oxygen atoms in total. The third-order valence-corrected chi connectivity index (χ3v) is 4.75. The average Bonchev–Trinajstić information content (AvgIpc) is 2.78. The summed E-state index contributed by atoms with van der Waals surface area (Å²) in [6, 6.07) is 10.3. The topological polar surface area (TPSA) is 117 Å². The van der Waals surface area contributed by atoms with Crippen LogP contribution in [0.1, 0.15) is 43.1 Å². The number of ketones is 1. The van der Waals surface area contributed by atoms with Crippen LogP contribution in [0, 0.1) is 5.92 Å². The minimum Gasteiger partial charge on any atom is -0.350 e. The van der Waals surface area contributed by atoms with Gasteiger partial charge in [-0.3, -0.25) is 24.2 Å². The van der Waals surface area contributed by atoms with Gasteiger partial charge in [0.1, 0.15) is 12.1 Å². The van der Waals surface area contributed by atoms with Gasteiger partial charge in [0.2, 0.25) is 11.7 Å². The highest BCUT2D eigenvalue weighted by atomic mass is 16.2. The Kier molecular flexibility index (Phi) is 9.53. The smallest absolute Gasteiger partial charge is 0.289 e. The highest BCUT2D eigenvalue weighted by Crippen LogP contribution is 2.09. The van der Waals surface area contributed by atoms with Crippen LogP contribution in [0.15, 0.2) is 54.9 Å². The fourth-order valence-corrected chi connectivity index (χ4v) is 3.19. The lowest BCUT2D eigenvalue weighted by Crippen LogP contribution is -2.54. The Morgan fingerprint density at radius 2 is 1.56 bits per heavy atom. The molecule has 2 atom stereocenters. The molecule has 1 aromatic heterocycles. The number of carbonyl (C=O) groups is 4. The monoisotopic (exact) mass is 438 g/mol. The largest absolute Gasteiger partial charge is 0.350 e. The molecule has 0 fully saturated rings. The predicted octanol–water partition coefficient (Wildman–Crippen LogP) is 1.66. The van der Waals surface area contributed by atoms with Gasteiger partial charge in [-0.1, -0.05) is 44.2 Å². The van der Waals surface area contributed by atoms with Gasteiger partial charge in [-0.2, -0.15) is 0 Å². The van der Waals surface area contributed by atoms with Crippen molar-refractivity contribution in [2.45, 2.75) is 45.7 Å². The summed E-state index contributed by atoms with van der Waals surface area (Å²) < 4.78 is 0. The van der Waals surface area contributed by atoms with E-state index in [1.165, 1.54) is 12.4 Å². The summed E-state index contributed by atoms with van der Waals surface area (Å²) in [5.74, 6) is -2.31. The molecule has 1 aromatic carbocycles. The van der Waals surface area contributed by atoms with Crippen LogP contribution in [0.25, 0.3) is 0 Å². The summed E-state index contributed by atoms with van der Waals surface area (Å²) in [5, 5.41) is 7.91. The van der Waals surface area contributed by atoms with Crippen molar-refractivity contribution < 1.29 is 19.2 Å². The first-order valence-corrected chi connectivity index (χ1v) is 10.7. The van der Waals surface area contributed by atoms with E-state index >= 15 is 0 Å². The van der Waals surface area contributed by atoms with Crippen LogP contribution in [0.3, 0.4) is 0 Å². The Balaban J connectivity index is 2.20. The molecule has 0 aliphatic heterocycles. The number of hydrogen-bond donors (Lipinski definition) is 3. The maximum Gasteiger partial charge on any atom is 0.289 e. The molecule has 0 bridgehead atoms. The van der Waals surface area contributed by atoms with Crippen molar-refractivity contribution in [2.24, 2.45) is 5.92 Å². The molecule has 0 aliphatic carbocycles. The normalized spacial score (nSPS) is 12.5. The molecule has 8 heteroatoms. The molecule has 3 amide bonds. The zero-order chi connectivity index (χ0) is 23.5. The van der Waals surface area contributed by atoms with Crippen molar-refractivity contribution in [3.63, 3.8) is 0 Å². The highest BCUT2D eigenvalue weighted by molar-refractivity contribution is 6.38. The van der Waals surface area contributed by atoms with E-state index in [0.717, 1.165) is 5.56 Å². The first-order chi connectivity index (χ1) is 15.3. The zero-order valence-corrected chi connectivity index (χ0v) is 18.6. The number of hydrogen-bond acceptors (Lipinski definition) is 5. The van der Waals surface area contributed by atoms with Gasteiger partial charge in [0.05, 0.1) is 0 Å². The predicted molar refractivity (Wildman–Crippen MR) is 121 cm³/mol. The van der Waals surface area contributed by atoms with Gasteiger partial charge >= 0.3 is 0 Å². The van der Waals surface area contributed by atoms with Gasteiger partial charge in [0, 0.05) is 30.9 Å². The van der Waals surface area contributed by atoms with Crippen LogP contribution in [-0.4, -0.2) is 47.1 Å². The fourth-order valence-electron chi connectivity index (χ4n) is 3.19. The summed E-state index contributed by atoms with van der Waals surface area (Å²) in [4.78, 5) is 54.5. The summed E-state index contributed by atoms with van der Waals surface area (Å²) in [6.45, 7) is 5.87. The number of rotatable bonds is 11. The molecule has 0 saturated carbocycles. The van der Waals surface area contributed by atoms with Crippen molar-refractivity contribution >= 4 is 23.5 Å². The van der Waals surface area contributed by atoms with E-state index < -0.39 is 35.6 Å². The molecule has 3 N–H and O–H groups in total. The van der Waals surface area contributed by atoms with E-state index in [9.17, 15) is 19.2 Å². The first kappa shape index (κ1) is 24.7. The minimum absolute atomic E-state index is 0.107. The maximum absolute atomic E-state index is 13.1. The van der Waals surface area contributed by atoms with Gasteiger partial charge in [-0.05, 0) is 37.0 Å². The summed E-state index contributed by atoms with van der Waals surface area (Å²) in [5.41, 5.74) is 1.18. The number of nitrogens with one attached hydrogen (secondary N) is 3. The van der Waals surface area contributed by atoms with Crippen LogP contribution < -0.4 is 16.0 Å². The van der Waals surface area contributed by atoms with E-state index in [-0.39, 0.29) is 12.3 Å². The molecular formula is C24H30N4O4. The van der Waals surface area contributed by atoms with Crippen molar-refractivity contribution in [1.29, 1.82) is 0 Å². The summed E-state index contributed by atoms with van der Waals surface area (Å²) in [7, 11) is 0. The molecule has 0 radical (unpaired) electrons. The molecule has 2 aromatic rings. The summed E-state index contributed by atoms with van der Waals surface area (Å²) >= 11 is 0. The number of amides is 3. The Morgan fingerprint density at radius 1 is 0.906 bits per heavy atom. The molecule has 0 spiro atoms. The van der Waals surface area contributed by atoms with Gasteiger partial charge in [-0.25, -0.2) is 0 Å². The van der Waals surface area contributed by atoms with Crippen molar-refractivity contribution in [2.75, 3.05) is 6.54 Å². The maximum atomic E-state index is 13.1. The highest BCUT2D eigenvalue weighted by Gasteiger charge is 2.30. The second-order valence-corrected chi connectivity index (χ2v) is 7.87. The van der Waals surface area contributed by atoms with Gasteiger partial charge < -0.3 is 16.0 Å². The van der Waals surface area contributed by atoms with Crippen LogP contribution >= 0.6 is 0 Å². The second-order valence-electron chi connectivity index (χ2n) is 7.87. The number of carbonyl (C=O) groups excluding carboxylic acids is 4. The van der Waals surface area contributed by atoms with Crippen molar-refractivity contribution in [3.05, 3.63) is 66.0 Å². The number of pyridine rings is 1. The van der Waals surface area contributed by atoms with Crippen molar-refractivity contribution in [3.8, 4) is 0 Å². The number of Topliss-reactive ketones (excluding diaryl/α,β-unsaturated/α-hetero) is 1. The second kappa shape index (κ2) is 12.3. The van der Waals surface area contributed by atoms with E-state index in [1.807, 2.05) is 44.2 Å². The Morgan fingerprint density at radius 3 is 2.16 bits per heavy atom. The van der Waals surface area contributed by atoms with Gasteiger partial charge in [-0.15, -0.1) is 0 Å². The number of benzene rings is 1. The number of aromatic nitrogens is 1.